The summed E-state index contributed by atoms with van der Waals surface area (Å²) in [5, 5.41) is 19.2. The molecule has 0 unspecified atom stereocenters. The second kappa shape index (κ2) is 6.80. The van der Waals surface area contributed by atoms with E-state index in [2.05, 4.69) is 15.8 Å². The van der Waals surface area contributed by atoms with Crippen LogP contribution in [-0.2, 0) is 4.79 Å². The van der Waals surface area contributed by atoms with Crippen molar-refractivity contribution in [2.75, 3.05) is 10.6 Å². The first kappa shape index (κ1) is 17.0. The molecule has 2 aliphatic heterocycles. The van der Waals surface area contributed by atoms with Crippen LogP contribution in [0.5, 0.6) is 0 Å². The average Bonchev–Trinajstić information content (AvgIpc) is 3.28. The first-order chi connectivity index (χ1) is 14.2. The van der Waals surface area contributed by atoms with Crippen LogP contribution in [0.15, 0.2) is 83.6 Å². The summed E-state index contributed by atoms with van der Waals surface area (Å²) in [6, 6.07) is 23.4. The molecule has 0 radical (unpaired) electrons. The van der Waals surface area contributed by atoms with E-state index in [0.717, 1.165) is 33.6 Å². The van der Waals surface area contributed by atoms with Gasteiger partial charge < -0.3 is 15.8 Å². The number of nitrogens with zero attached hydrogens (tertiary/aromatic N) is 1. The molecule has 0 saturated carbocycles. The molecule has 0 fully saturated rings. The average molecular weight is 379 g/mol. The van der Waals surface area contributed by atoms with Gasteiger partial charge in [-0.1, -0.05) is 78.0 Å². The fourth-order valence-electron chi connectivity index (χ4n) is 3.71. The Bertz CT molecular complexity index is 1220. The number of oxime groups is 1. The highest BCUT2D eigenvalue weighted by Gasteiger charge is 2.34. The van der Waals surface area contributed by atoms with Crippen molar-refractivity contribution in [1.29, 1.82) is 0 Å². The standard InChI is InChI=1S/C24H17N3O2/c28-24-21(23-22(27-29)18-8-4-5-9-19(18)25-23)17-13-12-16(14-20(17)26-24)11-10-15-6-2-1-3-7-15/h1-14,25,29H,(H,26,28)/b11-10+,23-21-,27-22+. The van der Waals surface area contributed by atoms with Crippen molar-refractivity contribution < 1.29 is 10.0 Å². The summed E-state index contributed by atoms with van der Waals surface area (Å²) in [6.07, 6.45) is 4.04. The first-order valence-corrected chi connectivity index (χ1v) is 9.26. The van der Waals surface area contributed by atoms with Gasteiger partial charge >= 0.3 is 0 Å². The van der Waals surface area contributed by atoms with E-state index in [9.17, 15) is 10.0 Å². The zero-order chi connectivity index (χ0) is 19.8. The summed E-state index contributed by atoms with van der Waals surface area (Å²) in [6.45, 7) is 0. The molecular formula is C24H17N3O2. The third-order valence-corrected chi connectivity index (χ3v) is 5.08. The Hall–Kier alpha value is -4.12. The minimum atomic E-state index is -0.222. The molecule has 1 amide bonds. The normalized spacial score (nSPS) is 18.6. The van der Waals surface area contributed by atoms with Crippen molar-refractivity contribution >= 4 is 40.7 Å². The largest absolute Gasteiger partial charge is 0.410 e. The third kappa shape index (κ3) is 2.89. The van der Waals surface area contributed by atoms with Gasteiger partial charge in [0.1, 0.15) is 5.71 Å². The highest BCUT2D eigenvalue weighted by atomic mass is 16.4. The maximum Gasteiger partial charge on any atom is 0.258 e. The number of carbonyl (C=O) groups excluding carboxylic acids is 1. The molecule has 0 aliphatic carbocycles. The van der Waals surface area contributed by atoms with Gasteiger partial charge in [0.25, 0.3) is 5.91 Å². The van der Waals surface area contributed by atoms with Gasteiger partial charge in [0.2, 0.25) is 0 Å². The predicted octanol–water partition coefficient (Wildman–Crippen LogP) is 4.82. The lowest BCUT2D eigenvalue weighted by atomic mass is 10.00. The summed E-state index contributed by atoms with van der Waals surface area (Å²) in [4.78, 5) is 12.8. The van der Waals surface area contributed by atoms with E-state index in [-0.39, 0.29) is 5.91 Å². The summed E-state index contributed by atoms with van der Waals surface area (Å²) in [5.74, 6) is -0.222. The van der Waals surface area contributed by atoms with Gasteiger partial charge in [0.15, 0.2) is 0 Å². The number of amides is 1. The SMILES string of the molecule is O=C1Nc2cc(/C=C/c3ccccc3)ccc2/C1=C1/Nc2ccccc2/C1=N\O. The van der Waals surface area contributed by atoms with Gasteiger partial charge in [-0.15, -0.1) is 0 Å². The maximum atomic E-state index is 12.8. The molecule has 5 nitrogen and oxygen atoms in total. The first-order valence-electron chi connectivity index (χ1n) is 9.26. The summed E-state index contributed by atoms with van der Waals surface area (Å²) < 4.78 is 0. The fourth-order valence-corrected chi connectivity index (χ4v) is 3.71. The molecule has 140 valence electrons. The molecule has 2 heterocycles. The molecule has 5 rings (SSSR count). The molecule has 3 aromatic rings. The Morgan fingerprint density at radius 3 is 2.34 bits per heavy atom. The molecule has 0 aromatic heterocycles. The number of hydrogen-bond donors (Lipinski definition) is 3. The van der Waals surface area contributed by atoms with Crippen LogP contribution < -0.4 is 10.6 Å². The highest BCUT2D eigenvalue weighted by Crippen LogP contribution is 2.39. The van der Waals surface area contributed by atoms with E-state index in [1.807, 2.05) is 84.9 Å². The summed E-state index contributed by atoms with van der Waals surface area (Å²) in [5.41, 5.74) is 6.54. The van der Waals surface area contributed by atoms with Gasteiger partial charge in [0.05, 0.1) is 11.3 Å². The van der Waals surface area contributed by atoms with Crippen LogP contribution in [0.4, 0.5) is 11.4 Å². The van der Waals surface area contributed by atoms with Crippen molar-refractivity contribution in [2.45, 2.75) is 0 Å². The third-order valence-electron chi connectivity index (χ3n) is 5.08. The van der Waals surface area contributed by atoms with E-state index in [4.69, 9.17) is 0 Å². The van der Waals surface area contributed by atoms with Crippen molar-refractivity contribution in [3.05, 3.63) is 101 Å². The van der Waals surface area contributed by atoms with E-state index in [0.29, 0.717) is 17.0 Å². The number of allylic oxidation sites excluding steroid dienone is 1. The van der Waals surface area contributed by atoms with Crippen molar-refractivity contribution in [3.63, 3.8) is 0 Å². The molecule has 0 spiro atoms. The van der Waals surface area contributed by atoms with E-state index < -0.39 is 0 Å². The van der Waals surface area contributed by atoms with Crippen molar-refractivity contribution in [3.8, 4) is 0 Å². The second-order valence-electron chi connectivity index (χ2n) is 6.87. The van der Waals surface area contributed by atoms with Crippen LogP contribution in [0.2, 0.25) is 0 Å². The lowest BCUT2D eigenvalue weighted by molar-refractivity contribution is -0.110. The Balaban J connectivity index is 1.54. The molecule has 3 N–H and O–H groups in total. The lowest BCUT2D eigenvalue weighted by Gasteiger charge is -2.05. The fraction of sp³-hybridized carbons (Fsp3) is 0. The number of para-hydroxylation sites is 1. The number of hydrogen-bond acceptors (Lipinski definition) is 4. The zero-order valence-electron chi connectivity index (χ0n) is 15.4. The van der Waals surface area contributed by atoms with Crippen LogP contribution >= 0.6 is 0 Å². The summed E-state index contributed by atoms with van der Waals surface area (Å²) >= 11 is 0. The van der Waals surface area contributed by atoms with Crippen molar-refractivity contribution in [1.82, 2.24) is 0 Å². The van der Waals surface area contributed by atoms with Gasteiger partial charge in [-0.2, -0.15) is 0 Å². The molecule has 29 heavy (non-hydrogen) atoms. The Labute approximate surface area is 167 Å². The molecule has 2 aliphatic rings. The topological polar surface area (TPSA) is 73.7 Å². The lowest BCUT2D eigenvalue weighted by Crippen LogP contribution is -2.12. The molecular weight excluding hydrogens is 362 g/mol. The van der Waals surface area contributed by atoms with Gasteiger partial charge in [-0.05, 0) is 23.3 Å². The molecule has 0 saturated heterocycles. The Morgan fingerprint density at radius 2 is 1.52 bits per heavy atom. The van der Waals surface area contributed by atoms with Crippen LogP contribution in [0.1, 0.15) is 22.3 Å². The minimum absolute atomic E-state index is 0.222. The number of benzene rings is 3. The van der Waals surface area contributed by atoms with Crippen LogP contribution in [0.3, 0.4) is 0 Å². The van der Waals surface area contributed by atoms with E-state index in [1.165, 1.54) is 0 Å². The van der Waals surface area contributed by atoms with E-state index >= 15 is 0 Å². The molecule has 0 atom stereocenters. The second-order valence-corrected chi connectivity index (χ2v) is 6.87. The Kier molecular flexibility index (Phi) is 3.99. The molecule has 0 bridgehead atoms. The van der Waals surface area contributed by atoms with Gasteiger partial charge in [0, 0.05) is 22.5 Å². The van der Waals surface area contributed by atoms with Crippen LogP contribution in [-0.4, -0.2) is 16.8 Å². The van der Waals surface area contributed by atoms with Crippen LogP contribution in [0.25, 0.3) is 17.7 Å². The number of nitrogens with one attached hydrogen (secondary N) is 2. The quantitative estimate of drug-likeness (QED) is 0.259. The van der Waals surface area contributed by atoms with Crippen molar-refractivity contribution in [2.24, 2.45) is 5.16 Å². The monoisotopic (exact) mass is 379 g/mol. The molecule has 5 heteroatoms. The number of fused-ring (bicyclic) bond motifs is 2. The number of anilines is 2. The predicted molar refractivity (Wildman–Crippen MR) is 116 cm³/mol. The summed E-state index contributed by atoms with van der Waals surface area (Å²) in [7, 11) is 0. The smallest absolute Gasteiger partial charge is 0.258 e. The number of rotatable bonds is 2. The molecule has 3 aromatic carbocycles. The zero-order valence-corrected chi connectivity index (χ0v) is 15.4. The van der Waals surface area contributed by atoms with Crippen LogP contribution in [0, 0.1) is 0 Å². The van der Waals surface area contributed by atoms with Gasteiger partial charge in [-0.25, -0.2) is 0 Å². The minimum Gasteiger partial charge on any atom is -0.410 e. The Morgan fingerprint density at radius 1 is 0.759 bits per heavy atom. The van der Waals surface area contributed by atoms with E-state index in [1.54, 1.807) is 0 Å². The highest BCUT2D eigenvalue weighted by molar-refractivity contribution is 6.39. The number of carbonyl (C=O) groups is 1. The maximum absolute atomic E-state index is 12.8. The van der Waals surface area contributed by atoms with Gasteiger partial charge in [-0.3, -0.25) is 4.79 Å².